The van der Waals surface area contributed by atoms with Crippen LogP contribution in [0.15, 0.2) is 59.0 Å². The topological polar surface area (TPSA) is 85.6 Å². The molecule has 0 spiro atoms. The van der Waals surface area contributed by atoms with Crippen molar-refractivity contribution < 1.29 is 27.9 Å². The van der Waals surface area contributed by atoms with Gasteiger partial charge in [0.25, 0.3) is 5.91 Å². The van der Waals surface area contributed by atoms with Gasteiger partial charge in [-0.15, -0.1) is 0 Å². The Hall–Kier alpha value is -3.74. The summed E-state index contributed by atoms with van der Waals surface area (Å²) in [4.78, 5) is 35.9. The molecule has 3 rings (SSSR count). The lowest BCUT2D eigenvalue weighted by Gasteiger charge is -2.13. The lowest BCUT2D eigenvalue weighted by Crippen LogP contribution is -2.29. The number of nitrogens with one attached hydrogen (secondary N) is 1. The van der Waals surface area contributed by atoms with Gasteiger partial charge >= 0.3 is 5.97 Å². The van der Waals surface area contributed by atoms with Gasteiger partial charge in [-0.2, -0.15) is 0 Å². The van der Waals surface area contributed by atoms with Crippen molar-refractivity contribution in [3.05, 3.63) is 77.3 Å². The molecule has 7 heteroatoms. The fraction of sp³-hybridized carbons (Fsp3) is 0.174. The number of carbonyl (C=O) groups is 3. The molecule has 1 atom stereocenters. The quantitative estimate of drug-likeness (QED) is 0.468. The van der Waals surface area contributed by atoms with Crippen LogP contribution in [0, 0.1) is 12.7 Å². The number of halogens is 1. The summed E-state index contributed by atoms with van der Waals surface area (Å²) in [6.45, 7) is 4.49. The molecule has 1 amide bonds. The third-order valence-corrected chi connectivity index (χ3v) is 4.48. The highest BCUT2D eigenvalue weighted by Gasteiger charge is 2.22. The van der Waals surface area contributed by atoms with E-state index in [4.69, 9.17) is 9.15 Å². The minimum Gasteiger partial charge on any atom is -0.449 e. The van der Waals surface area contributed by atoms with Gasteiger partial charge in [0, 0.05) is 16.8 Å². The van der Waals surface area contributed by atoms with E-state index in [0.717, 1.165) is 0 Å². The van der Waals surface area contributed by atoms with E-state index < -0.39 is 23.8 Å². The fourth-order valence-electron chi connectivity index (χ4n) is 2.66. The Morgan fingerprint density at radius 3 is 2.37 bits per heavy atom. The summed E-state index contributed by atoms with van der Waals surface area (Å²) in [5.41, 5.74) is 1.97. The smallest absolute Gasteiger partial charge is 0.375 e. The van der Waals surface area contributed by atoms with Crippen LogP contribution in [0.2, 0.25) is 0 Å². The summed E-state index contributed by atoms with van der Waals surface area (Å²) < 4.78 is 24.3. The standard InChI is InChI=1S/C23H20FNO5/c1-13-4-9-18(12-19(13)24)25-22(27)15(3)29-23(28)21-11-10-20(30-21)17-7-5-16(6-8-17)14(2)26/h4-12,15H,1-3H3,(H,25,27). The number of amides is 1. The van der Waals surface area contributed by atoms with E-state index in [9.17, 15) is 18.8 Å². The highest BCUT2D eigenvalue weighted by molar-refractivity contribution is 5.97. The molecule has 1 N–H and O–H groups in total. The number of furan rings is 1. The lowest BCUT2D eigenvalue weighted by atomic mass is 10.1. The Morgan fingerprint density at radius 2 is 1.73 bits per heavy atom. The molecule has 1 aromatic heterocycles. The van der Waals surface area contributed by atoms with Gasteiger partial charge in [0.1, 0.15) is 11.6 Å². The van der Waals surface area contributed by atoms with E-state index in [1.807, 2.05) is 0 Å². The molecule has 6 nitrogen and oxygen atoms in total. The number of carbonyl (C=O) groups excluding carboxylic acids is 3. The third-order valence-electron chi connectivity index (χ3n) is 4.48. The molecule has 30 heavy (non-hydrogen) atoms. The maximum Gasteiger partial charge on any atom is 0.375 e. The average molecular weight is 409 g/mol. The van der Waals surface area contributed by atoms with Crippen molar-refractivity contribution in [3.8, 4) is 11.3 Å². The van der Waals surface area contributed by atoms with Crippen LogP contribution < -0.4 is 5.32 Å². The molecule has 1 heterocycles. The van der Waals surface area contributed by atoms with Crippen LogP contribution in [0.25, 0.3) is 11.3 Å². The van der Waals surface area contributed by atoms with E-state index in [1.54, 1.807) is 43.3 Å². The lowest BCUT2D eigenvalue weighted by molar-refractivity contribution is -0.123. The summed E-state index contributed by atoms with van der Waals surface area (Å²) in [5, 5.41) is 2.50. The van der Waals surface area contributed by atoms with Gasteiger partial charge in [0.2, 0.25) is 5.76 Å². The van der Waals surface area contributed by atoms with Gasteiger partial charge < -0.3 is 14.5 Å². The van der Waals surface area contributed by atoms with Crippen LogP contribution in [0.3, 0.4) is 0 Å². The van der Waals surface area contributed by atoms with Crippen LogP contribution >= 0.6 is 0 Å². The highest BCUT2D eigenvalue weighted by atomic mass is 19.1. The largest absolute Gasteiger partial charge is 0.449 e. The van der Waals surface area contributed by atoms with Crippen LogP contribution in [-0.4, -0.2) is 23.8 Å². The van der Waals surface area contributed by atoms with Crippen LogP contribution in [0.1, 0.15) is 40.3 Å². The number of esters is 1. The Bertz CT molecular complexity index is 1100. The number of rotatable bonds is 6. The molecule has 0 radical (unpaired) electrons. The minimum atomic E-state index is -1.12. The molecule has 0 aliphatic heterocycles. The zero-order valence-corrected chi connectivity index (χ0v) is 16.7. The van der Waals surface area contributed by atoms with Crippen molar-refractivity contribution in [2.45, 2.75) is 26.9 Å². The Morgan fingerprint density at radius 1 is 1.03 bits per heavy atom. The fourth-order valence-corrected chi connectivity index (χ4v) is 2.66. The molecule has 0 saturated carbocycles. The number of ketones is 1. The molecule has 0 saturated heterocycles. The summed E-state index contributed by atoms with van der Waals surface area (Å²) in [7, 11) is 0. The molecule has 0 aliphatic carbocycles. The van der Waals surface area contributed by atoms with Gasteiger partial charge in [-0.3, -0.25) is 9.59 Å². The highest BCUT2D eigenvalue weighted by Crippen LogP contribution is 2.23. The monoisotopic (exact) mass is 409 g/mol. The van der Waals surface area contributed by atoms with Crippen LogP contribution in [0.5, 0.6) is 0 Å². The van der Waals surface area contributed by atoms with Crippen molar-refractivity contribution in [3.63, 3.8) is 0 Å². The van der Waals surface area contributed by atoms with E-state index in [-0.39, 0.29) is 17.2 Å². The zero-order valence-electron chi connectivity index (χ0n) is 16.7. The predicted octanol–water partition coefficient (Wildman–Crippen LogP) is 4.78. The Labute approximate surface area is 172 Å². The van der Waals surface area contributed by atoms with E-state index >= 15 is 0 Å². The molecule has 1 unspecified atom stereocenters. The molecule has 0 aliphatic rings. The Balaban J connectivity index is 1.63. The first-order chi connectivity index (χ1) is 14.2. The average Bonchev–Trinajstić information content (AvgIpc) is 3.21. The second-order valence-corrected chi connectivity index (χ2v) is 6.80. The van der Waals surface area contributed by atoms with Crippen molar-refractivity contribution >= 4 is 23.3 Å². The number of hydrogen-bond donors (Lipinski definition) is 1. The molecular formula is C23H20FNO5. The number of ether oxygens (including phenoxy) is 1. The molecule has 3 aromatic rings. The number of Topliss-reactive ketones (excluding diaryl/α,β-unsaturated/α-hetero) is 1. The van der Waals surface area contributed by atoms with Crippen molar-refractivity contribution in [2.75, 3.05) is 5.32 Å². The molecule has 154 valence electrons. The predicted molar refractivity (Wildman–Crippen MR) is 109 cm³/mol. The maximum atomic E-state index is 13.6. The van der Waals surface area contributed by atoms with Gasteiger partial charge in [-0.1, -0.05) is 30.3 Å². The van der Waals surface area contributed by atoms with Crippen LogP contribution in [-0.2, 0) is 9.53 Å². The zero-order chi connectivity index (χ0) is 21.8. The van der Waals surface area contributed by atoms with Gasteiger partial charge in [0.05, 0.1) is 0 Å². The number of hydrogen-bond acceptors (Lipinski definition) is 5. The first-order valence-electron chi connectivity index (χ1n) is 9.24. The van der Waals surface area contributed by atoms with Gasteiger partial charge in [-0.05, 0) is 50.6 Å². The van der Waals surface area contributed by atoms with E-state index in [2.05, 4.69) is 5.32 Å². The second kappa shape index (κ2) is 8.73. The molecular weight excluding hydrogens is 389 g/mol. The summed E-state index contributed by atoms with van der Waals surface area (Å²) in [6.07, 6.45) is -1.12. The second-order valence-electron chi connectivity index (χ2n) is 6.80. The molecule has 0 fully saturated rings. The SMILES string of the molecule is CC(=O)c1ccc(-c2ccc(C(=O)OC(C)C(=O)Nc3ccc(C)c(F)c3)o2)cc1. The van der Waals surface area contributed by atoms with E-state index in [1.165, 1.54) is 32.0 Å². The number of benzene rings is 2. The van der Waals surface area contributed by atoms with Crippen molar-refractivity contribution in [2.24, 2.45) is 0 Å². The van der Waals surface area contributed by atoms with Gasteiger partial charge in [0.15, 0.2) is 11.9 Å². The first kappa shape index (κ1) is 21.0. The summed E-state index contributed by atoms with van der Waals surface area (Å²) >= 11 is 0. The molecule has 2 aromatic carbocycles. The normalized spacial score (nSPS) is 11.6. The van der Waals surface area contributed by atoms with Crippen molar-refractivity contribution in [1.29, 1.82) is 0 Å². The third kappa shape index (κ3) is 4.81. The van der Waals surface area contributed by atoms with E-state index in [0.29, 0.717) is 22.5 Å². The Kier molecular flexibility index (Phi) is 6.11. The minimum absolute atomic E-state index is 0.0501. The summed E-state index contributed by atoms with van der Waals surface area (Å²) in [5.74, 6) is -1.55. The maximum absolute atomic E-state index is 13.6. The van der Waals surface area contributed by atoms with Crippen LogP contribution in [0.4, 0.5) is 10.1 Å². The summed E-state index contributed by atoms with van der Waals surface area (Å²) in [6, 6.07) is 14.1. The molecule has 0 bridgehead atoms. The number of anilines is 1. The van der Waals surface area contributed by atoms with Crippen molar-refractivity contribution in [1.82, 2.24) is 0 Å². The number of aryl methyl sites for hydroxylation is 1. The first-order valence-corrected chi connectivity index (χ1v) is 9.24. The van der Waals surface area contributed by atoms with Gasteiger partial charge in [-0.25, -0.2) is 9.18 Å².